The molecular weight excluding hydrogens is 311 g/mol. The standard InChI is InChI=1S/C4H13NO7P2.ClH.K/c5-3-1-2-4(6,13(7,8)9)14(10,11)12;;/h6H,1-3,5H2,(H2,7,8,9)(H2,10,11,12);1H;/q;;+1/p-1. The second kappa shape index (κ2) is 8.34. The fraction of sp³-hybridized carbons (Fsp3) is 1.00. The Morgan fingerprint density at radius 3 is 1.56 bits per heavy atom. The Labute approximate surface area is 141 Å². The molecule has 0 radical (unpaired) electrons. The maximum atomic E-state index is 10.7. The quantitative estimate of drug-likeness (QED) is 0.215. The van der Waals surface area contributed by atoms with E-state index in [1.54, 1.807) is 0 Å². The minimum atomic E-state index is -5.30. The van der Waals surface area contributed by atoms with E-state index in [4.69, 9.17) is 25.3 Å². The molecule has 0 saturated heterocycles. The third-order valence-electron chi connectivity index (χ3n) is 1.65. The zero-order valence-electron chi connectivity index (χ0n) is 8.52. The minimum absolute atomic E-state index is 0. The maximum absolute atomic E-state index is 10.7. The molecule has 0 amide bonds. The van der Waals surface area contributed by atoms with Crippen molar-refractivity contribution < 1.29 is 97.6 Å². The van der Waals surface area contributed by atoms with Gasteiger partial charge in [-0.3, -0.25) is 9.13 Å². The topological polar surface area (TPSA) is 161 Å². The van der Waals surface area contributed by atoms with Gasteiger partial charge in [0.25, 0.3) is 5.08 Å². The molecule has 7 N–H and O–H groups in total. The molecule has 12 heteroatoms. The zero-order valence-corrected chi connectivity index (χ0v) is 14.2. The van der Waals surface area contributed by atoms with Crippen LogP contribution >= 0.6 is 15.2 Å². The fourth-order valence-corrected chi connectivity index (χ4v) is 3.06. The molecular formula is C4H13ClKNO7P2. The third-order valence-corrected chi connectivity index (χ3v) is 5.53. The Morgan fingerprint density at radius 2 is 1.38 bits per heavy atom. The molecule has 0 fully saturated rings. The molecule has 0 aromatic heterocycles. The molecule has 94 valence electrons. The molecule has 0 spiro atoms. The molecule has 0 saturated carbocycles. The fourth-order valence-electron chi connectivity index (χ4n) is 0.800. The summed E-state index contributed by atoms with van der Waals surface area (Å²) < 4.78 is 21.4. The van der Waals surface area contributed by atoms with Gasteiger partial charge in [0.15, 0.2) is 0 Å². The summed E-state index contributed by atoms with van der Waals surface area (Å²) in [5, 5.41) is 5.91. The van der Waals surface area contributed by atoms with Crippen molar-refractivity contribution in [1.82, 2.24) is 0 Å². The first-order chi connectivity index (χ1) is 6.06. The van der Waals surface area contributed by atoms with Crippen molar-refractivity contribution in [3.8, 4) is 0 Å². The van der Waals surface area contributed by atoms with E-state index >= 15 is 0 Å². The SMILES string of the molecule is NCCCC(O)(P(=O)(O)O)P(=O)(O)O.[Cl-].[K+]. The summed E-state index contributed by atoms with van der Waals surface area (Å²) in [4.78, 5) is 34.5. The van der Waals surface area contributed by atoms with Crippen molar-refractivity contribution in [2.45, 2.75) is 17.9 Å². The van der Waals surface area contributed by atoms with Crippen LogP contribution in [-0.4, -0.2) is 36.3 Å². The average Bonchev–Trinajstić information content (AvgIpc) is 1.95. The Kier molecular flexibility index (Phi) is 12.1. The molecule has 0 atom stereocenters. The van der Waals surface area contributed by atoms with Crippen molar-refractivity contribution in [1.29, 1.82) is 0 Å². The Balaban J connectivity index is -0.000000845. The summed E-state index contributed by atoms with van der Waals surface area (Å²) in [7, 11) is -10.6. The van der Waals surface area contributed by atoms with Gasteiger partial charge >= 0.3 is 66.6 Å². The molecule has 16 heavy (non-hydrogen) atoms. The number of halogens is 1. The summed E-state index contributed by atoms with van der Waals surface area (Å²) >= 11 is 0. The van der Waals surface area contributed by atoms with E-state index in [0.29, 0.717) is 0 Å². The van der Waals surface area contributed by atoms with Gasteiger partial charge in [0.1, 0.15) is 0 Å². The molecule has 0 aromatic carbocycles. The van der Waals surface area contributed by atoms with Crippen LogP contribution in [0.2, 0.25) is 0 Å². The summed E-state index contributed by atoms with van der Waals surface area (Å²) in [5.74, 6) is 0. The van der Waals surface area contributed by atoms with Gasteiger partial charge in [-0.05, 0) is 13.0 Å². The number of hydrogen-bond acceptors (Lipinski definition) is 4. The Bertz CT molecular complexity index is 268. The largest absolute Gasteiger partial charge is 1.00 e. The summed E-state index contributed by atoms with van der Waals surface area (Å²) in [6, 6.07) is 0. The molecule has 0 aliphatic heterocycles. The van der Waals surface area contributed by atoms with Gasteiger partial charge in [-0.25, -0.2) is 0 Å². The molecule has 0 heterocycles. The van der Waals surface area contributed by atoms with Gasteiger partial charge in [0.05, 0.1) is 0 Å². The molecule has 0 aromatic rings. The molecule has 0 rings (SSSR count). The van der Waals surface area contributed by atoms with Gasteiger partial charge in [0, 0.05) is 6.42 Å². The van der Waals surface area contributed by atoms with Crippen LogP contribution in [-0.2, 0) is 9.13 Å². The van der Waals surface area contributed by atoms with E-state index < -0.39 is 26.7 Å². The van der Waals surface area contributed by atoms with E-state index in [1.165, 1.54) is 0 Å². The van der Waals surface area contributed by atoms with E-state index in [-0.39, 0.29) is 76.8 Å². The first kappa shape index (κ1) is 23.3. The van der Waals surface area contributed by atoms with E-state index in [0.717, 1.165) is 0 Å². The summed E-state index contributed by atoms with van der Waals surface area (Å²) in [6.07, 6.45) is -0.856. The van der Waals surface area contributed by atoms with Crippen LogP contribution in [0.4, 0.5) is 0 Å². The normalized spacial score (nSPS) is 12.6. The smallest absolute Gasteiger partial charge is 1.00 e. The van der Waals surface area contributed by atoms with Crippen molar-refractivity contribution in [3.63, 3.8) is 0 Å². The second-order valence-corrected chi connectivity index (χ2v) is 6.76. The van der Waals surface area contributed by atoms with Crippen LogP contribution in [0.25, 0.3) is 0 Å². The zero-order chi connectivity index (χ0) is 11.6. The minimum Gasteiger partial charge on any atom is -1.00 e. The van der Waals surface area contributed by atoms with Crippen LogP contribution in [0.15, 0.2) is 0 Å². The monoisotopic (exact) mass is 323 g/mol. The molecule has 0 aliphatic carbocycles. The van der Waals surface area contributed by atoms with Crippen molar-refractivity contribution >= 4 is 15.2 Å². The first-order valence-electron chi connectivity index (χ1n) is 3.60. The van der Waals surface area contributed by atoms with Gasteiger partial charge in [-0.15, -0.1) is 0 Å². The van der Waals surface area contributed by atoms with Gasteiger partial charge in [-0.2, -0.15) is 0 Å². The first-order valence-corrected chi connectivity index (χ1v) is 6.82. The molecule has 0 bridgehead atoms. The Morgan fingerprint density at radius 1 is 1.06 bits per heavy atom. The van der Waals surface area contributed by atoms with Gasteiger partial charge in [0.2, 0.25) is 0 Å². The number of hydrogen-bond donors (Lipinski definition) is 6. The summed E-state index contributed by atoms with van der Waals surface area (Å²) in [5.41, 5.74) is 5.01. The van der Waals surface area contributed by atoms with Crippen LogP contribution in [0.3, 0.4) is 0 Å². The predicted octanol–water partition coefficient (Wildman–Crippen LogP) is -7.27. The molecule has 8 nitrogen and oxygen atoms in total. The van der Waals surface area contributed by atoms with E-state index in [1.807, 2.05) is 0 Å². The number of aliphatic hydroxyl groups is 1. The van der Waals surface area contributed by atoms with Crippen LogP contribution in [0.5, 0.6) is 0 Å². The van der Waals surface area contributed by atoms with Crippen molar-refractivity contribution in [3.05, 3.63) is 0 Å². The molecule has 0 aliphatic rings. The third kappa shape index (κ3) is 5.86. The van der Waals surface area contributed by atoms with Gasteiger partial charge in [-0.1, -0.05) is 0 Å². The van der Waals surface area contributed by atoms with Crippen molar-refractivity contribution in [2.75, 3.05) is 6.54 Å². The van der Waals surface area contributed by atoms with Crippen LogP contribution < -0.4 is 69.5 Å². The molecule has 0 unspecified atom stereocenters. The number of nitrogens with two attached hydrogens (primary N) is 1. The van der Waals surface area contributed by atoms with E-state index in [9.17, 15) is 14.2 Å². The number of rotatable bonds is 5. The van der Waals surface area contributed by atoms with E-state index in [2.05, 4.69) is 0 Å². The Hall–Kier alpha value is 2.15. The summed E-state index contributed by atoms with van der Waals surface area (Å²) in [6.45, 7) is -0.0394. The van der Waals surface area contributed by atoms with Crippen LogP contribution in [0.1, 0.15) is 12.8 Å². The second-order valence-electron chi connectivity index (χ2n) is 2.75. The predicted molar refractivity (Wildman–Crippen MR) is 47.3 cm³/mol. The van der Waals surface area contributed by atoms with Gasteiger partial charge < -0.3 is 42.8 Å². The maximum Gasteiger partial charge on any atom is 1.00 e. The van der Waals surface area contributed by atoms with Crippen molar-refractivity contribution in [2.24, 2.45) is 5.73 Å². The average molecular weight is 324 g/mol. The van der Waals surface area contributed by atoms with Crippen LogP contribution in [0, 0.1) is 0 Å².